The highest BCUT2D eigenvalue weighted by Gasteiger charge is 2.18. The molecule has 3 aromatic rings. The highest BCUT2D eigenvalue weighted by Crippen LogP contribution is 2.32. The van der Waals surface area contributed by atoms with Crippen LogP contribution in [-0.4, -0.2) is 33.8 Å². The Morgan fingerprint density at radius 1 is 1.12 bits per heavy atom. The number of nitrogens with zero attached hydrogens (tertiary/aromatic N) is 4. The summed E-state index contributed by atoms with van der Waals surface area (Å²) in [6.45, 7) is 2.12. The van der Waals surface area contributed by atoms with Crippen LogP contribution in [0.1, 0.15) is 23.3 Å². The Morgan fingerprint density at radius 2 is 1.96 bits per heavy atom. The number of anilines is 2. The van der Waals surface area contributed by atoms with E-state index < -0.39 is 0 Å². The van der Waals surface area contributed by atoms with Crippen LogP contribution in [0.4, 0.5) is 11.4 Å². The molecule has 1 aromatic carbocycles. The van der Waals surface area contributed by atoms with E-state index in [4.69, 9.17) is 0 Å². The highest BCUT2D eigenvalue weighted by molar-refractivity contribution is 6.09. The van der Waals surface area contributed by atoms with E-state index in [1.165, 1.54) is 12.8 Å². The Kier molecular flexibility index (Phi) is 3.65. The second kappa shape index (κ2) is 5.96. The van der Waals surface area contributed by atoms with Crippen molar-refractivity contribution in [3.05, 3.63) is 48.4 Å². The first-order chi connectivity index (χ1) is 11.7. The molecule has 0 radical (unpaired) electrons. The fourth-order valence-electron chi connectivity index (χ4n) is 3.26. The number of hydrogen-bond acceptors (Lipinski definition) is 4. The van der Waals surface area contributed by atoms with E-state index in [1.54, 1.807) is 30.2 Å². The standard InChI is InChI=1S/C18H19N5O/c1-22-16(8-10-20-22)18(24)21-14-6-7-15(23-11-2-3-12-23)17-13(14)5-4-9-19-17/h4-10H,2-3,11-12H2,1H3,(H,21,24). The molecular weight excluding hydrogens is 302 g/mol. The molecule has 0 bridgehead atoms. The lowest BCUT2D eigenvalue weighted by Crippen LogP contribution is -2.19. The van der Waals surface area contributed by atoms with Gasteiger partial charge in [-0.05, 0) is 43.2 Å². The van der Waals surface area contributed by atoms with Gasteiger partial charge in [-0.25, -0.2) is 0 Å². The van der Waals surface area contributed by atoms with Crippen LogP contribution in [-0.2, 0) is 7.05 Å². The number of amides is 1. The quantitative estimate of drug-likeness (QED) is 0.806. The van der Waals surface area contributed by atoms with Crippen LogP contribution >= 0.6 is 0 Å². The normalized spacial score (nSPS) is 14.3. The van der Waals surface area contributed by atoms with Gasteiger partial charge in [0.2, 0.25) is 0 Å². The summed E-state index contributed by atoms with van der Waals surface area (Å²) in [4.78, 5) is 19.4. The molecule has 1 N–H and O–H groups in total. The summed E-state index contributed by atoms with van der Waals surface area (Å²) in [5, 5.41) is 7.99. The first kappa shape index (κ1) is 14.7. The zero-order valence-corrected chi connectivity index (χ0v) is 13.6. The van der Waals surface area contributed by atoms with Crippen LogP contribution in [0.3, 0.4) is 0 Å². The van der Waals surface area contributed by atoms with Crippen molar-refractivity contribution < 1.29 is 4.79 Å². The number of aromatic nitrogens is 3. The van der Waals surface area contributed by atoms with E-state index in [1.807, 2.05) is 18.2 Å². The van der Waals surface area contributed by atoms with Crippen molar-refractivity contribution >= 4 is 28.2 Å². The van der Waals surface area contributed by atoms with Crippen molar-refractivity contribution in [1.82, 2.24) is 14.8 Å². The molecule has 0 atom stereocenters. The van der Waals surface area contributed by atoms with Gasteiger partial charge in [0.15, 0.2) is 0 Å². The predicted octanol–water partition coefficient (Wildman–Crippen LogP) is 2.82. The van der Waals surface area contributed by atoms with Crippen LogP contribution in [0.15, 0.2) is 42.7 Å². The van der Waals surface area contributed by atoms with Crippen LogP contribution in [0.2, 0.25) is 0 Å². The smallest absolute Gasteiger partial charge is 0.273 e. The molecule has 0 aliphatic carbocycles. The van der Waals surface area contributed by atoms with Gasteiger partial charge in [0.05, 0.1) is 16.9 Å². The number of hydrogen-bond donors (Lipinski definition) is 1. The minimum atomic E-state index is -0.172. The Morgan fingerprint density at radius 3 is 2.71 bits per heavy atom. The second-order valence-corrected chi connectivity index (χ2v) is 6.02. The van der Waals surface area contributed by atoms with Crippen LogP contribution < -0.4 is 10.2 Å². The third kappa shape index (κ3) is 2.50. The van der Waals surface area contributed by atoms with Crippen LogP contribution in [0.25, 0.3) is 10.9 Å². The van der Waals surface area contributed by atoms with Gasteiger partial charge >= 0.3 is 0 Å². The van der Waals surface area contributed by atoms with Crippen molar-refractivity contribution in [2.45, 2.75) is 12.8 Å². The third-order valence-electron chi connectivity index (χ3n) is 4.50. The van der Waals surface area contributed by atoms with E-state index >= 15 is 0 Å². The molecule has 1 amide bonds. The molecular formula is C18H19N5O. The van der Waals surface area contributed by atoms with Crippen molar-refractivity contribution in [2.24, 2.45) is 7.05 Å². The maximum Gasteiger partial charge on any atom is 0.273 e. The molecule has 122 valence electrons. The second-order valence-electron chi connectivity index (χ2n) is 6.02. The average Bonchev–Trinajstić information content (AvgIpc) is 3.26. The lowest BCUT2D eigenvalue weighted by atomic mass is 10.1. The SMILES string of the molecule is Cn1nccc1C(=O)Nc1ccc(N2CCCC2)c2ncccc12. The molecule has 0 saturated carbocycles. The van der Waals surface area contributed by atoms with E-state index in [2.05, 4.69) is 26.4 Å². The van der Waals surface area contributed by atoms with Gasteiger partial charge in [0.1, 0.15) is 5.69 Å². The molecule has 0 unspecified atom stereocenters. The monoisotopic (exact) mass is 321 g/mol. The topological polar surface area (TPSA) is 63.1 Å². The van der Waals surface area contributed by atoms with E-state index in [0.29, 0.717) is 5.69 Å². The summed E-state index contributed by atoms with van der Waals surface area (Å²) in [6, 6.07) is 9.62. The number of carbonyl (C=O) groups excluding carboxylic acids is 1. The molecule has 0 spiro atoms. The predicted molar refractivity (Wildman–Crippen MR) is 94.4 cm³/mol. The number of carbonyl (C=O) groups is 1. The van der Waals surface area contributed by atoms with Gasteiger partial charge in [0, 0.05) is 37.9 Å². The lowest BCUT2D eigenvalue weighted by molar-refractivity contribution is 0.101. The molecule has 1 aliphatic rings. The average molecular weight is 321 g/mol. The Hall–Kier alpha value is -2.89. The van der Waals surface area contributed by atoms with Crippen molar-refractivity contribution in [1.29, 1.82) is 0 Å². The third-order valence-corrected chi connectivity index (χ3v) is 4.50. The summed E-state index contributed by atoms with van der Waals surface area (Å²) >= 11 is 0. The number of pyridine rings is 1. The maximum atomic E-state index is 12.5. The number of nitrogens with one attached hydrogen (secondary N) is 1. The summed E-state index contributed by atoms with van der Waals surface area (Å²) in [5.74, 6) is -0.172. The molecule has 2 aromatic heterocycles. The zero-order valence-electron chi connectivity index (χ0n) is 13.6. The molecule has 6 nitrogen and oxygen atoms in total. The summed E-state index contributed by atoms with van der Waals surface area (Å²) in [7, 11) is 1.76. The van der Waals surface area contributed by atoms with Crippen molar-refractivity contribution in [2.75, 3.05) is 23.3 Å². The first-order valence-electron chi connectivity index (χ1n) is 8.16. The molecule has 4 rings (SSSR count). The molecule has 1 fully saturated rings. The minimum absolute atomic E-state index is 0.172. The van der Waals surface area contributed by atoms with Crippen molar-refractivity contribution in [3.63, 3.8) is 0 Å². The fraction of sp³-hybridized carbons (Fsp3) is 0.278. The first-order valence-corrected chi connectivity index (χ1v) is 8.16. The van der Waals surface area contributed by atoms with Crippen molar-refractivity contribution in [3.8, 4) is 0 Å². The van der Waals surface area contributed by atoms with Gasteiger partial charge in [-0.3, -0.25) is 14.5 Å². The molecule has 1 saturated heterocycles. The largest absolute Gasteiger partial charge is 0.370 e. The van der Waals surface area contributed by atoms with Gasteiger partial charge in [0.25, 0.3) is 5.91 Å². The number of benzene rings is 1. The minimum Gasteiger partial charge on any atom is -0.370 e. The van der Waals surface area contributed by atoms with E-state index in [-0.39, 0.29) is 5.91 Å². The van der Waals surface area contributed by atoms with E-state index in [9.17, 15) is 4.79 Å². The van der Waals surface area contributed by atoms with Gasteiger partial charge in [-0.1, -0.05) is 0 Å². The zero-order chi connectivity index (χ0) is 16.5. The number of rotatable bonds is 3. The molecule has 24 heavy (non-hydrogen) atoms. The van der Waals surface area contributed by atoms with Crippen LogP contribution in [0, 0.1) is 0 Å². The van der Waals surface area contributed by atoms with Gasteiger partial charge < -0.3 is 10.2 Å². The molecule has 1 aliphatic heterocycles. The number of aryl methyl sites for hydroxylation is 1. The summed E-state index contributed by atoms with van der Waals surface area (Å²) in [6.07, 6.45) is 5.85. The van der Waals surface area contributed by atoms with Gasteiger partial charge in [-0.15, -0.1) is 0 Å². The summed E-state index contributed by atoms with van der Waals surface area (Å²) in [5.41, 5.74) is 3.37. The molecule has 3 heterocycles. The van der Waals surface area contributed by atoms with Gasteiger partial charge in [-0.2, -0.15) is 5.10 Å². The Bertz CT molecular complexity index is 895. The van der Waals surface area contributed by atoms with E-state index in [0.717, 1.165) is 35.4 Å². The lowest BCUT2D eigenvalue weighted by Gasteiger charge is -2.20. The Labute approximate surface area is 140 Å². The Balaban J connectivity index is 1.73. The highest BCUT2D eigenvalue weighted by atomic mass is 16.2. The van der Waals surface area contributed by atoms with Crippen LogP contribution in [0.5, 0.6) is 0 Å². The fourth-order valence-corrected chi connectivity index (χ4v) is 3.26. The summed E-state index contributed by atoms with van der Waals surface area (Å²) < 4.78 is 1.56. The molecule has 6 heteroatoms. The maximum absolute atomic E-state index is 12.5. The number of fused-ring (bicyclic) bond motifs is 1.